The van der Waals surface area contributed by atoms with Gasteiger partial charge in [-0.2, -0.15) is 5.01 Å². The first-order valence-corrected chi connectivity index (χ1v) is 12.5. The van der Waals surface area contributed by atoms with E-state index in [4.69, 9.17) is 26.4 Å². The third kappa shape index (κ3) is 6.50. The zero-order chi connectivity index (χ0) is 27.1. The molecule has 0 atom stereocenters. The van der Waals surface area contributed by atoms with Gasteiger partial charge in [0.05, 0.1) is 19.1 Å². The molecule has 4 rings (SSSR count). The second kappa shape index (κ2) is 12.3. The van der Waals surface area contributed by atoms with Crippen molar-refractivity contribution < 1.29 is 28.6 Å². The molecule has 1 aliphatic heterocycles. The maximum Gasteiger partial charge on any atom is 0.285 e. The Balaban J connectivity index is 1.40. The van der Waals surface area contributed by atoms with Gasteiger partial charge in [-0.25, -0.2) is 0 Å². The van der Waals surface area contributed by atoms with Crippen LogP contribution in [0.5, 0.6) is 17.2 Å². The summed E-state index contributed by atoms with van der Waals surface area (Å²) in [4.78, 5) is 38.1. The zero-order valence-corrected chi connectivity index (χ0v) is 22.1. The number of thioether (sulfide) groups is 1. The quantitative estimate of drug-likeness (QED) is 0.301. The Morgan fingerprint density at radius 1 is 0.974 bits per heavy atom. The van der Waals surface area contributed by atoms with Crippen LogP contribution in [-0.2, 0) is 9.59 Å². The Bertz CT molecular complexity index is 1390. The summed E-state index contributed by atoms with van der Waals surface area (Å²) in [5.41, 5.74) is 4.20. The molecule has 0 aliphatic carbocycles. The van der Waals surface area contributed by atoms with Gasteiger partial charge < -0.3 is 19.5 Å². The number of nitrogens with one attached hydrogen (secondary N) is 2. The number of ether oxygens (including phenoxy) is 3. The predicted molar refractivity (Wildman–Crippen MR) is 149 cm³/mol. The highest BCUT2D eigenvalue weighted by Gasteiger charge is 2.33. The molecule has 0 aromatic heterocycles. The van der Waals surface area contributed by atoms with Crippen LogP contribution in [0.4, 0.5) is 5.69 Å². The van der Waals surface area contributed by atoms with Gasteiger partial charge in [0.2, 0.25) is 0 Å². The van der Waals surface area contributed by atoms with Crippen LogP contribution in [0.25, 0.3) is 6.08 Å². The number of hydrogen-bond donors (Lipinski definition) is 2. The average molecular weight is 550 g/mol. The fourth-order valence-corrected chi connectivity index (χ4v) is 4.56. The maximum absolute atomic E-state index is 13.0. The molecule has 3 amide bonds. The van der Waals surface area contributed by atoms with Gasteiger partial charge in [-0.3, -0.25) is 19.8 Å². The number of benzene rings is 3. The normalized spacial score (nSPS) is 13.8. The molecule has 0 bridgehead atoms. The Labute approximate surface area is 228 Å². The van der Waals surface area contributed by atoms with Crippen LogP contribution in [-0.4, -0.2) is 47.9 Å². The van der Waals surface area contributed by atoms with Crippen molar-refractivity contribution >= 4 is 57.8 Å². The van der Waals surface area contributed by atoms with E-state index in [1.54, 1.807) is 60.7 Å². The van der Waals surface area contributed by atoms with Crippen LogP contribution < -0.4 is 25.0 Å². The molecular weight excluding hydrogens is 526 g/mol. The van der Waals surface area contributed by atoms with Crippen molar-refractivity contribution in [3.05, 3.63) is 88.8 Å². The number of carbonyl (C=O) groups is 3. The van der Waals surface area contributed by atoms with E-state index in [-0.39, 0.29) is 16.8 Å². The summed E-state index contributed by atoms with van der Waals surface area (Å²) >= 11 is 6.37. The molecule has 1 fully saturated rings. The largest absolute Gasteiger partial charge is 0.497 e. The smallest absolute Gasteiger partial charge is 0.285 e. The SMILES string of the molecule is COc1ccc(C(=O)NN2C(=O)/C(=C/c3ccc(OCC(=O)Nc4ccccc4)c(OC)c3)SC2=S)cc1. The minimum absolute atomic E-state index is 0.194. The lowest BCUT2D eigenvalue weighted by molar-refractivity contribution is -0.123. The van der Waals surface area contributed by atoms with Gasteiger partial charge in [0, 0.05) is 11.3 Å². The van der Waals surface area contributed by atoms with Gasteiger partial charge >= 0.3 is 0 Å². The van der Waals surface area contributed by atoms with E-state index >= 15 is 0 Å². The van der Waals surface area contributed by atoms with Crippen molar-refractivity contribution in [2.75, 3.05) is 26.1 Å². The number of nitrogens with zero attached hydrogens (tertiary/aromatic N) is 1. The number of carbonyl (C=O) groups excluding carboxylic acids is 3. The second-order valence-electron chi connectivity index (χ2n) is 7.80. The van der Waals surface area contributed by atoms with Crippen LogP contribution in [0.2, 0.25) is 0 Å². The van der Waals surface area contributed by atoms with Crippen molar-refractivity contribution in [3.8, 4) is 17.2 Å². The van der Waals surface area contributed by atoms with Gasteiger partial charge in [0.15, 0.2) is 22.4 Å². The number of amides is 3. The van der Waals surface area contributed by atoms with Gasteiger partial charge in [0.25, 0.3) is 17.7 Å². The van der Waals surface area contributed by atoms with Gasteiger partial charge in [0.1, 0.15) is 5.75 Å². The minimum Gasteiger partial charge on any atom is -0.497 e. The fraction of sp³-hybridized carbons (Fsp3) is 0.111. The Morgan fingerprint density at radius 3 is 2.39 bits per heavy atom. The summed E-state index contributed by atoms with van der Waals surface area (Å²) in [6.45, 7) is -0.211. The van der Waals surface area contributed by atoms with Gasteiger partial charge in [-0.05, 0) is 72.4 Å². The summed E-state index contributed by atoms with van der Waals surface area (Å²) in [6, 6.07) is 20.6. The number of rotatable bonds is 9. The minimum atomic E-state index is -0.482. The van der Waals surface area contributed by atoms with Gasteiger partial charge in [-0.1, -0.05) is 36.0 Å². The van der Waals surface area contributed by atoms with E-state index in [1.807, 2.05) is 18.2 Å². The summed E-state index contributed by atoms with van der Waals surface area (Å²) in [5, 5.41) is 3.78. The monoisotopic (exact) mass is 549 g/mol. The lowest BCUT2D eigenvalue weighted by atomic mass is 10.2. The molecule has 3 aromatic carbocycles. The van der Waals surface area contributed by atoms with E-state index < -0.39 is 11.8 Å². The van der Waals surface area contributed by atoms with Gasteiger partial charge in [-0.15, -0.1) is 0 Å². The summed E-state index contributed by atoms with van der Waals surface area (Å²) in [5.74, 6) is 0.102. The third-order valence-electron chi connectivity index (χ3n) is 5.26. The number of thiocarbonyl (C=S) groups is 1. The van der Waals surface area contributed by atoms with Crippen LogP contribution in [0, 0.1) is 0 Å². The number of methoxy groups -OCH3 is 2. The van der Waals surface area contributed by atoms with Crippen LogP contribution in [0.3, 0.4) is 0 Å². The lowest BCUT2D eigenvalue weighted by Crippen LogP contribution is -2.44. The van der Waals surface area contributed by atoms with E-state index in [0.717, 1.165) is 16.8 Å². The van der Waals surface area contributed by atoms with Crippen molar-refractivity contribution in [3.63, 3.8) is 0 Å². The first-order valence-electron chi connectivity index (χ1n) is 11.3. The summed E-state index contributed by atoms with van der Waals surface area (Å²) in [6.07, 6.45) is 1.63. The predicted octanol–water partition coefficient (Wildman–Crippen LogP) is 4.27. The topological polar surface area (TPSA) is 106 Å². The highest BCUT2D eigenvalue weighted by Crippen LogP contribution is 2.34. The highest BCUT2D eigenvalue weighted by molar-refractivity contribution is 8.26. The average Bonchev–Trinajstić information content (AvgIpc) is 3.19. The molecule has 1 saturated heterocycles. The maximum atomic E-state index is 13.0. The van der Waals surface area contributed by atoms with E-state index in [1.165, 1.54) is 14.2 Å². The molecule has 9 nitrogen and oxygen atoms in total. The summed E-state index contributed by atoms with van der Waals surface area (Å²) in [7, 11) is 3.01. The number of para-hydroxylation sites is 1. The van der Waals surface area contributed by atoms with Crippen molar-refractivity contribution in [1.82, 2.24) is 10.4 Å². The molecule has 3 aromatic rings. The molecule has 0 spiro atoms. The van der Waals surface area contributed by atoms with E-state index in [2.05, 4.69) is 10.7 Å². The molecule has 0 unspecified atom stereocenters. The van der Waals surface area contributed by atoms with Crippen LogP contribution in [0.15, 0.2) is 77.7 Å². The van der Waals surface area contributed by atoms with Crippen molar-refractivity contribution in [1.29, 1.82) is 0 Å². The molecule has 194 valence electrons. The Morgan fingerprint density at radius 2 is 1.71 bits per heavy atom. The van der Waals surface area contributed by atoms with Crippen LogP contribution in [0.1, 0.15) is 15.9 Å². The molecule has 2 N–H and O–H groups in total. The first kappa shape index (κ1) is 26.7. The number of hydrogen-bond acceptors (Lipinski definition) is 8. The fourth-order valence-electron chi connectivity index (χ4n) is 3.38. The molecular formula is C27H23N3O6S2. The molecule has 1 aliphatic rings. The number of hydrazine groups is 1. The lowest BCUT2D eigenvalue weighted by Gasteiger charge is -2.15. The molecule has 0 saturated carbocycles. The second-order valence-corrected chi connectivity index (χ2v) is 9.48. The zero-order valence-electron chi connectivity index (χ0n) is 20.4. The standard InChI is InChI=1S/C27H23N3O6S2/c1-34-20-11-9-18(10-12-20)25(32)29-30-26(33)23(38-27(30)37)15-17-8-13-21(22(14-17)35-2)36-16-24(31)28-19-6-4-3-5-7-19/h3-15H,16H2,1-2H3,(H,28,31)(H,29,32)/b23-15-. The molecule has 1 heterocycles. The van der Waals surface area contributed by atoms with Crippen molar-refractivity contribution in [2.45, 2.75) is 0 Å². The molecule has 0 radical (unpaired) electrons. The van der Waals surface area contributed by atoms with Crippen LogP contribution >= 0.6 is 24.0 Å². The number of anilines is 1. The molecule has 11 heteroatoms. The molecule has 38 heavy (non-hydrogen) atoms. The van der Waals surface area contributed by atoms with E-state index in [9.17, 15) is 14.4 Å². The summed E-state index contributed by atoms with van der Waals surface area (Å²) < 4.78 is 16.3. The third-order valence-corrected chi connectivity index (χ3v) is 6.56. The Kier molecular flexibility index (Phi) is 8.62. The highest BCUT2D eigenvalue weighted by atomic mass is 32.2. The first-order chi connectivity index (χ1) is 18.4. The van der Waals surface area contributed by atoms with Crippen molar-refractivity contribution in [2.24, 2.45) is 0 Å². The Hall–Kier alpha value is -4.35. The van der Waals surface area contributed by atoms with E-state index in [0.29, 0.717) is 39.0 Å².